The van der Waals surface area contributed by atoms with E-state index in [1.807, 2.05) is 18.2 Å². The molecule has 3 aliphatic carbocycles. The minimum Gasteiger partial charge on any atom is -0.506 e. The molecule has 2 aromatic rings. The number of phenols is 1. The highest BCUT2D eigenvalue weighted by molar-refractivity contribution is 7.92. The minimum absolute atomic E-state index is 0.216. The van der Waals surface area contributed by atoms with E-state index in [1.165, 1.54) is 61.9 Å². The Labute approximate surface area is 201 Å². The zero-order chi connectivity index (χ0) is 23.3. The zero-order valence-corrected chi connectivity index (χ0v) is 20.5. The van der Waals surface area contributed by atoms with Gasteiger partial charge >= 0.3 is 0 Å². The van der Waals surface area contributed by atoms with E-state index < -0.39 is 10.0 Å². The van der Waals surface area contributed by atoms with Crippen LogP contribution in [-0.2, 0) is 21.9 Å². The fourth-order valence-electron chi connectivity index (χ4n) is 8.23. The van der Waals surface area contributed by atoms with Gasteiger partial charge in [-0.05, 0) is 85.9 Å². The molecule has 6 nitrogen and oxygen atoms in total. The molecule has 34 heavy (non-hydrogen) atoms. The van der Waals surface area contributed by atoms with Crippen LogP contribution in [0.5, 0.6) is 5.75 Å². The lowest BCUT2D eigenvalue weighted by molar-refractivity contribution is -0.199. The summed E-state index contributed by atoms with van der Waals surface area (Å²) in [5.41, 5.74) is 6.76. The number of aromatic hydroxyl groups is 1. The van der Waals surface area contributed by atoms with Crippen LogP contribution in [-0.4, -0.2) is 43.8 Å². The van der Waals surface area contributed by atoms with Crippen molar-refractivity contribution in [2.24, 2.45) is 5.41 Å². The van der Waals surface area contributed by atoms with Crippen LogP contribution in [0.4, 0.5) is 17.1 Å². The molecule has 0 radical (unpaired) electrons. The molecule has 4 fully saturated rings. The van der Waals surface area contributed by atoms with Gasteiger partial charge in [-0.1, -0.05) is 25.0 Å². The molecule has 180 valence electrons. The Balaban J connectivity index is 1.38. The van der Waals surface area contributed by atoms with Crippen molar-refractivity contribution < 1.29 is 13.5 Å². The molecule has 2 heterocycles. The zero-order valence-electron chi connectivity index (χ0n) is 19.7. The molecule has 2 saturated carbocycles. The lowest BCUT2D eigenvalue weighted by Gasteiger charge is -2.75. The van der Waals surface area contributed by atoms with E-state index in [-0.39, 0.29) is 5.41 Å². The van der Waals surface area contributed by atoms with Crippen LogP contribution >= 0.6 is 0 Å². The van der Waals surface area contributed by atoms with Crippen LogP contribution in [0.2, 0.25) is 0 Å². The third kappa shape index (κ3) is 2.80. The number of para-hydroxylation sites is 2. The maximum Gasteiger partial charge on any atom is 0.229 e. The van der Waals surface area contributed by atoms with Crippen LogP contribution in [0.3, 0.4) is 0 Å². The van der Waals surface area contributed by atoms with Gasteiger partial charge in [0.1, 0.15) is 5.75 Å². The number of nitrogens with one attached hydrogen (secondary N) is 2. The number of fused-ring (bicyclic) bond motifs is 1. The fourth-order valence-corrected chi connectivity index (χ4v) is 8.81. The number of phenolic OH excluding ortho intramolecular Hbond substituents is 1. The van der Waals surface area contributed by atoms with Gasteiger partial charge in [0.15, 0.2) is 0 Å². The summed E-state index contributed by atoms with van der Waals surface area (Å²) in [7, 11) is -3.42. The summed E-state index contributed by atoms with van der Waals surface area (Å²) in [6.45, 7) is 2.43. The van der Waals surface area contributed by atoms with E-state index in [4.69, 9.17) is 0 Å². The van der Waals surface area contributed by atoms with Crippen LogP contribution < -0.4 is 10.0 Å². The van der Waals surface area contributed by atoms with Crippen LogP contribution in [0.15, 0.2) is 30.3 Å². The molecule has 0 aromatic heterocycles. The van der Waals surface area contributed by atoms with Crippen molar-refractivity contribution >= 4 is 27.1 Å². The van der Waals surface area contributed by atoms with E-state index in [9.17, 15) is 13.5 Å². The van der Waals surface area contributed by atoms with Crippen molar-refractivity contribution in [2.75, 3.05) is 29.4 Å². The van der Waals surface area contributed by atoms with Gasteiger partial charge in [0.05, 0.1) is 23.3 Å². The minimum atomic E-state index is -3.42. The summed E-state index contributed by atoms with van der Waals surface area (Å²) >= 11 is 0. The monoisotopic (exact) mass is 479 g/mol. The molecule has 3 N–H and O–H groups in total. The molecular formula is C27H33N3O3S. The van der Waals surface area contributed by atoms with Crippen molar-refractivity contribution in [1.82, 2.24) is 4.90 Å². The number of nitrogens with zero attached hydrogens (tertiary/aromatic N) is 1. The average molecular weight is 480 g/mol. The first kappa shape index (κ1) is 21.1. The van der Waals surface area contributed by atoms with Crippen LogP contribution in [0.25, 0.3) is 0 Å². The highest BCUT2D eigenvalue weighted by Crippen LogP contribution is 2.69. The summed E-state index contributed by atoms with van der Waals surface area (Å²) in [6, 6.07) is 10.1. The van der Waals surface area contributed by atoms with Gasteiger partial charge in [-0.3, -0.25) is 9.62 Å². The largest absolute Gasteiger partial charge is 0.506 e. The SMILES string of the molecule is CS(=O)(=O)Nc1ccccc1Nc1c(O)cc2c(c1C1CC1)C[C@@H]1N3CC[C@]24CCCC[C@]14C3. The number of rotatable bonds is 5. The average Bonchev–Trinajstić information content (AvgIpc) is 3.63. The Bertz CT molecular complexity index is 1300. The van der Waals surface area contributed by atoms with Gasteiger partial charge in [-0.15, -0.1) is 0 Å². The van der Waals surface area contributed by atoms with E-state index in [2.05, 4.69) is 21.0 Å². The van der Waals surface area contributed by atoms with Gasteiger partial charge in [-0.25, -0.2) is 8.42 Å². The first-order valence-corrected chi connectivity index (χ1v) is 14.7. The fraction of sp³-hybridized carbons (Fsp3) is 0.556. The smallest absolute Gasteiger partial charge is 0.229 e. The second-order valence-corrected chi connectivity index (χ2v) is 13.2. The van der Waals surface area contributed by atoms with Crippen molar-refractivity contribution in [3.63, 3.8) is 0 Å². The molecule has 4 bridgehead atoms. The van der Waals surface area contributed by atoms with Crippen LogP contribution in [0.1, 0.15) is 67.6 Å². The highest BCUT2D eigenvalue weighted by atomic mass is 32.2. The second-order valence-electron chi connectivity index (χ2n) is 11.4. The number of anilines is 3. The maximum absolute atomic E-state index is 11.9. The van der Waals surface area contributed by atoms with Crippen LogP contribution in [0, 0.1) is 5.41 Å². The summed E-state index contributed by atoms with van der Waals surface area (Å²) in [5, 5.41) is 14.9. The number of sulfonamides is 1. The number of hydrogen-bond donors (Lipinski definition) is 3. The summed E-state index contributed by atoms with van der Waals surface area (Å²) in [5.74, 6) is 0.782. The molecule has 2 aliphatic heterocycles. The predicted octanol–water partition coefficient (Wildman–Crippen LogP) is 4.83. The quantitative estimate of drug-likeness (QED) is 0.536. The van der Waals surface area contributed by atoms with Gasteiger partial charge in [-0.2, -0.15) is 0 Å². The Morgan fingerprint density at radius 3 is 2.62 bits per heavy atom. The Morgan fingerprint density at radius 2 is 1.85 bits per heavy atom. The molecule has 7 rings (SSSR count). The van der Waals surface area contributed by atoms with Crippen molar-refractivity contribution in [2.45, 2.75) is 68.7 Å². The predicted molar refractivity (Wildman–Crippen MR) is 135 cm³/mol. The standard InChI is InChI=1S/C27H33N3O3S/c1-34(32,33)29-21-7-3-2-6-20(21)28-25-22(31)15-19-18(24(25)17-8-9-17)14-23-27-11-5-4-10-26(19,27)12-13-30(23)16-27/h2-3,6-7,15,17,23,28-29,31H,4-5,8-14,16H2,1H3/t23-,26+,27-/m0/s1. The normalized spacial score (nSPS) is 33.3. The van der Waals surface area contributed by atoms with E-state index >= 15 is 0 Å². The second kappa shape index (κ2) is 6.91. The maximum atomic E-state index is 11.9. The molecule has 2 saturated heterocycles. The molecule has 0 amide bonds. The summed E-state index contributed by atoms with van der Waals surface area (Å²) in [4.78, 5) is 2.72. The molecule has 1 unspecified atom stereocenters. The third-order valence-electron chi connectivity index (χ3n) is 9.66. The Kier molecular flexibility index (Phi) is 4.28. The lowest BCUT2D eigenvalue weighted by Crippen LogP contribution is -2.79. The molecular weight excluding hydrogens is 446 g/mol. The third-order valence-corrected chi connectivity index (χ3v) is 10.2. The first-order valence-electron chi connectivity index (χ1n) is 12.8. The Hall–Kier alpha value is -2.25. The number of piperidine rings is 2. The number of benzene rings is 2. The molecule has 5 aliphatic rings. The molecule has 4 atom stereocenters. The van der Waals surface area contributed by atoms with Crippen molar-refractivity contribution in [3.8, 4) is 5.75 Å². The lowest BCUT2D eigenvalue weighted by atomic mass is 9.40. The van der Waals surface area contributed by atoms with Crippen molar-refractivity contribution in [3.05, 3.63) is 47.0 Å². The Morgan fingerprint density at radius 1 is 1.09 bits per heavy atom. The first-order chi connectivity index (χ1) is 16.3. The molecule has 2 aromatic carbocycles. The van der Waals surface area contributed by atoms with Gasteiger partial charge in [0.25, 0.3) is 0 Å². The summed E-state index contributed by atoms with van der Waals surface area (Å²) < 4.78 is 26.5. The topological polar surface area (TPSA) is 81.7 Å². The van der Waals surface area contributed by atoms with E-state index in [0.29, 0.717) is 34.5 Å². The highest BCUT2D eigenvalue weighted by Gasteiger charge is 2.70. The van der Waals surface area contributed by atoms with Gasteiger partial charge in [0.2, 0.25) is 10.0 Å². The van der Waals surface area contributed by atoms with Gasteiger partial charge < -0.3 is 10.4 Å². The number of hydrogen-bond acceptors (Lipinski definition) is 5. The molecule has 1 spiro atoms. The summed E-state index contributed by atoms with van der Waals surface area (Å²) in [6.07, 6.45) is 11.0. The van der Waals surface area contributed by atoms with E-state index in [1.54, 1.807) is 6.07 Å². The molecule has 7 heteroatoms. The van der Waals surface area contributed by atoms with Gasteiger partial charge in [0, 0.05) is 23.4 Å². The van der Waals surface area contributed by atoms with E-state index in [0.717, 1.165) is 31.2 Å². The van der Waals surface area contributed by atoms with Crippen molar-refractivity contribution in [1.29, 1.82) is 0 Å².